The van der Waals surface area contributed by atoms with Gasteiger partial charge in [0.05, 0.1) is 5.69 Å². The van der Waals surface area contributed by atoms with Crippen LogP contribution in [-0.2, 0) is 10.0 Å². The molecule has 2 rings (SSSR count). The number of halogens is 1. The fourth-order valence-electron chi connectivity index (χ4n) is 2.02. The number of rotatable bonds is 6. The molecule has 0 atom stereocenters. The van der Waals surface area contributed by atoms with Crippen molar-refractivity contribution in [3.05, 3.63) is 24.0 Å². The first-order chi connectivity index (χ1) is 8.88. The van der Waals surface area contributed by atoms with E-state index in [1.165, 1.54) is 0 Å². The highest BCUT2D eigenvalue weighted by Crippen LogP contribution is 2.48. The summed E-state index contributed by atoms with van der Waals surface area (Å²) >= 11 is 0. The van der Waals surface area contributed by atoms with Crippen molar-refractivity contribution in [2.45, 2.75) is 24.2 Å². The number of nitrogens with two attached hydrogens (primary N) is 1. The molecule has 0 unspecified atom stereocenters. The predicted octanol–water partition coefficient (Wildman–Crippen LogP) is 0.849. The van der Waals surface area contributed by atoms with Gasteiger partial charge in [-0.15, -0.1) is 0 Å². The SMILES string of the molecule is Nc1cc(F)ccc1S(=O)(=O)NCC1(CCO)CC1. The Hall–Kier alpha value is -1.18. The first-order valence-corrected chi connectivity index (χ1v) is 7.52. The Morgan fingerprint density at radius 1 is 1.42 bits per heavy atom. The summed E-state index contributed by atoms with van der Waals surface area (Å²) in [7, 11) is -3.74. The summed E-state index contributed by atoms with van der Waals surface area (Å²) in [6.07, 6.45) is 2.37. The summed E-state index contributed by atoms with van der Waals surface area (Å²) < 4.78 is 39.5. The lowest BCUT2D eigenvalue weighted by atomic mass is 10.0. The molecule has 0 amide bonds. The predicted molar refractivity (Wildman–Crippen MR) is 69.4 cm³/mol. The average molecular weight is 288 g/mol. The standard InChI is InChI=1S/C12H17FN2O3S/c13-9-1-2-11(10(14)7-9)19(17,18)15-8-12(3-4-12)5-6-16/h1-2,7,15-16H,3-6,8,14H2. The maximum absolute atomic E-state index is 12.9. The van der Waals surface area contributed by atoms with E-state index in [0.29, 0.717) is 6.42 Å². The van der Waals surface area contributed by atoms with Gasteiger partial charge in [-0.05, 0) is 42.9 Å². The lowest BCUT2D eigenvalue weighted by Crippen LogP contribution is -2.31. The number of aliphatic hydroxyl groups excluding tert-OH is 1. The van der Waals surface area contributed by atoms with Crippen molar-refractivity contribution >= 4 is 15.7 Å². The molecule has 1 aromatic rings. The number of nitrogen functional groups attached to an aromatic ring is 1. The van der Waals surface area contributed by atoms with E-state index in [0.717, 1.165) is 31.0 Å². The van der Waals surface area contributed by atoms with E-state index in [1.807, 2.05) is 0 Å². The zero-order valence-electron chi connectivity index (χ0n) is 10.4. The minimum atomic E-state index is -3.74. The van der Waals surface area contributed by atoms with Gasteiger partial charge in [0.2, 0.25) is 10.0 Å². The number of aliphatic hydroxyl groups is 1. The largest absolute Gasteiger partial charge is 0.398 e. The zero-order valence-corrected chi connectivity index (χ0v) is 11.2. The van der Waals surface area contributed by atoms with Crippen molar-refractivity contribution in [2.75, 3.05) is 18.9 Å². The lowest BCUT2D eigenvalue weighted by molar-refractivity contribution is 0.249. The van der Waals surface area contributed by atoms with Crippen LogP contribution in [0.15, 0.2) is 23.1 Å². The molecule has 1 aromatic carbocycles. The highest BCUT2D eigenvalue weighted by atomic mass is 32.2. The third-order valence-electron chi connectivity index (χ3n) is 3.50. The van der Waals surface area contributed by atoms with Gasteiger partial charge in [0.25, 0.3) is 0 Å². The van der Waals surface area contributed by atoms with Gasteiger partial charge in [0, 0.05) is 13.2 Å². The molecule has 0 radical (unpaired) electrons. The highest BCUT2D eigenvalue weighted by molar-refractivity contribution is 7.89. The Kier molecular flexibility index (Phi) is 3.80. The van der Waals surface area contributed by atoms with Crippen LogP contribution in [0.1, 0.15) is 19.3 Å². The summed E-state index contributed by atoms with van der Waals surface area (Å²) in [4.78, 5) is -0.117. The summed E-state index contributed by atoms with van der Waals surface area (Å²) in [5, 5.41) is 8.92. The minimum absolute atomic E-state index is 0.0421. The van der Waals surface area contributed by atoms with E-state index in [9.17, 15) is 12.8 Å². The molecule has 7 heteroatoms. The third kappa shape index (κ3) is 3.23. The second-order valence-electron chi connectivity index (χ2n) is 4.98. The molecular formula is C12H17FN2O3S. The van der Waals surface area contributed by atoms with Gasteiger partial charge in [0.15, 0.2) is 0 Å². The zero-order chi connectivity index (χ0) is 14.1. The van der Waals surface area contributed by atoms with Crippen LogP contribution >= 0.6 is 0 Å². The van der Waals surface area contributed by atoms with Gasteiger partial charge in [0.1, 0.15) is 10.7 Å². The van der Waals surface area contributed by atoms with Crippen molar-refractivity contribution in [1.82, 2.24) is 4.72 Å². The Labute approximate surface area is 111 Å². The molecule has 106 valence electrons. The monoisotopic (exact) mass is 288 g/mol. The Balaban J connectivity index is 2.10. The molecule has 4 N–H and O–H groups in total. The fraction of sp³-hybridized carbons (Fsp3) is 0.500. The van der Waals surface area contributed by atoms with Crippen LogP contribution in [0.5, 0.6) is 0 Å². The van der Waals surface area contributed by atoms with Crippen LogP contribution in [0.3, 0.4) is 0 Å². The van der Waals surface area contributed by atoms with Crippen molar-refractivity contribution < 1.29 is 17.9 Å². The Morgan fingerprint density at radius 3 is 2.63 bits per heavy atom. The summed E-state index contributed by atoms with van der Waals surface area (Å²) in [6.45, 7) is 0.313. The van der Waals surface area contributed by atoms with Crippen molar-refractivity contribution in [3.63, 3.8) is 0 Å². The number of hydrogen-bond donors (Lipinski definition) is 3. The second kappa shape index (κ2) is 5.07. The van der Waals surface area contributed by atoms with E-state index >= 15 is 0 Å². The number of anilines is 1. The summed E-state index contributed by atoms with van der Waals surface area (Å²) in [6, 6.07) is 3.19. The molecule has 0 spiro atoms. The molecule has 0 aromatic heterocycles. The molecule has 0 saturated heterocycles. The molecule has 19 heavy (non-hydrogen) atoms. The van der Waals surface area contributed by atoms with Crippen LogP contribution in [0.2, 0.25) is 0 Å². The van der Waals surface area contributed by atoms with Crippen LogP contribution < -0.4 is 10.5 Å². The van der Waals surface area contributed by atoms with Crippen LogP contribution in [0, 0.1) is 11.2 Å². The molecule has 0 heterocycles. The van der Waals surface area contributed by atoms with Crippen molar-refractivity contribution in [2.24, 2.45) is 5.41 Å². The molecule has 0 bridgehead atoms. The van der Waals surface area contributed by atoms with Gasteiger partial charge in [-0.1, -0.05) is 0 Å². The topological polar surface area (TPSA) is 92.4 Å². The Bertz CT molecular complexity index is 570. The molecule has 0 aliphatic heterocycles. The Morgan fingerprint density at radius 2 is 2.11 bits per heavy atom. The highest BCUT2D eigenvalue weighted by Gasteiger charge is 2.42. The lowest BCUT2D eigenvalue weighted by Gasteiger charge is -2.15. The number of sulfonamides is 1. The molecule has 1 aliphatic rings. The summed E-state index contributed by atoms with van der Waals surface area (Å²) in [5.74, 6) is -0.574. The van der Waals surface area contributed by atoms with Crippen LogP contribution in [0.4, 0.5) is 10.1 Å². The maximum Gasteiger partial charge on any atom is 0.242 e. The number of benzene rings is 1. The molecule has 1 aliphatic carbocycles. The third-order valence-corrected chi connectivity index (χ3v) is 4.97. The smallest absolute Gasteiger partial charge is 0.242 e. The van der Waals surface area contributed by atoms with Gasteiger partial charge in [-0.2, -0.15) is 0 Å². The fourth-order valence-corrected chi connectivity index (χ4v) is 3.29. The van der Waals surface area contributed by atoms with Crippen molar-refractivity contribution in [1.29, 1.82) is 0 Å². The first kappa shape index (κ1) is 14.2. The second-order valence-corrected chi connectivity index (χ2v) is 6.72. The minimum Gasteiger partial charge on any atom is -0.398 e. The number of nitrogens with one attached hydrogen (secondary N) is 1. The quantitative estimate of drug-likeness (QED) is 0.677. The first-order valence-electron chi connectivity index (χ1n) is 6.04. The van der Waals surface area contributed by atoms with E-state index in [-0.39, 0.29) is 29.1 Å². The molecular weight excluding hydrogens is 271 g/mol. The van der Waals surface area contributed by atoms with Gasteiger partial charge in [-0.3, -0.25) is 0 Å². The van der Waals surface area contributed by atoms with E-state index < -0.39 is 15.8 Å². The maximum atomic E-state index is 12.9. The average Bonchev–Trinajstić information content (AvgIpc) is 3.07. The van der Waals surface area contributed by atoms with E-state index in [4.69, 9.17) is 10.8 Å². The van der Waals surface area contributed by atoms with Crippen molar-refractivity contribution in [3.8, 4) is 0 Å². The molecule has 1 saturated carbocycles. The van der Waals surface area contributed by atoms with Gasteiger partial charge >= 0.3 is 0 Å². The molecule has 1 fully saturated rings. The van der Waals surface area contributed by atoms with Crippen LogP contribution in [0.25, 0.3) is 0 Å². The number of hydrogen-bond acceptors (Lipinski definition) is 4. The van der Waals surface area contributed by atoms with Gasteiger partial charge in [-0.25, -0.2) is 17.5 Å². The summed E-state index contributed by atoms with van der Waals surface area (Å²) in [5.41, 5.74) is 5.28. The van der Waals surface area contributed by atoms with E-state index in [1.54, 1.807) is 0 Å². The van der Waals surface area contributed by atoms with E-state index in [2.05, 4.69) is 4.72 Å². The van der Waals surface area contributed by atoms with Gasteiger partial charge < -0.3 is 10.8 Å². The normalized spacial score (nSPS) is 17.4. The van der Waals surface area contributed by atoms with Crippen LogP contribution in [-0.4, -0.2) is 26.7 Å². The molecule has 5 nitrogen and oxygen atoms in total.